The zero-order valence-electron chi connectivity index (χ0n) is 17.3. The Morgan fingerprint density at radius 2 is 1.97 bits per heavy atom. The first-order chi connectivity index (χ1) is 15.0. The number of carbonyl (C=O) groups is 2. The fourth-order valence-corrected chi connectivity index (χ4v) is 4.58. The Bertz CT molecular complexity index is 1030. The molecule has 1 unspecified atom stereocenters. The van der Waals surface area contributed by atoms with E-state index in [1.807, 2.05) is 4.90 Å². The minimum atomic E-state index is -0.732. The molecule has 0 radical (unpaired) electrons. The average molecular weight is 444 g/mol. The maximum absolute atomic E-state index is 14.5. The number of methoxy groups -OCH3 is 2. The summed E-state index contributed by atoms with van der Waals surface area (Å²) in [6, 6.07) is 2.27. The molecule has 0 bridgehead atoms. The Morgan fingerprint density at radius 1 is 1.29 bits per heavy atom. The number of nitrogens with zero attached hydrogens (tertiary/aromatic N) is 3. The maximum atomic E-state index is 14.5. The van der Waals surface area contributed by atoms with Crippen molar-refractivity contribution in [2.24, 2.45) is 0 Å². The fourth-order valence-electron chi connectivity index (χ4n) is 3.98. The van der Waals surface area contributed by atoms with Crippen molar-refractivity contribution < 1.29 is 23.5 Å². The van der Waals surface area contributed by atoms with Crippen molar-refractivity contribution in [3.8, 4) is 23.8 Å². The lowest BCUT2D eigenvalue weighted by atomic mass is 9.92. The van der Waals surface area contributed by atoms with Crippen LogP contribution in [0.15, 0.2) is 17.5 Å². The van der Waals surface area contributed by atoms with Crippen LogP contribution in [0.4, 0.5) is 10.1 Å². The van der Waals surface area contributed by atoms with Gasteiger partial charge in [-0.3, -0.25) is 14.5 Å². The summed E-state index contributed by atoms with van der Waals surface area (Å²) in [4.78, 5) is 34.2. The van der Waals surface area contributed by atoms with Gasteiger partial charge in [-0.25, -0.2) is 4.98 Å². The van der Waals surface area contributed by atoms with E-state index in [0.717, 1.165) is 19.3 Å². The fraction of sp³-hybridized carbons (Fsp3) is 0.409. The van der Waals surface area contributed by atoms with Gasteiger partial charge in [0.2, 0.25) is 11.7 Å². The van der Waals surface area contributed by atoms with E-state index in [-0.39, 0.29) is 29.1 Å². The number of hydrogen-bond donors (Lipinski definition) is 0. The lowest BCUT2D eigenvalue weighted by Crippen LogP contribution is -2.49. The third-order valence-corrected chi connectivity index (χ3v) is 6.59. The molecule has 1 aromatic carbocycles. The van der Waals surface area contributed by atoms with Gasteiger partial charge >= 0.3 is 0 Å². The van der Waals surface area contributed by atoms with Crippen LogP contribution in [0, 0.1) is 18.2 Å². The lowest BCUT2D eigenvalue weighted by molar-refractivity contribution is -0.132. The number of carbonyl (C=O) groups excluding carboxylic acids is 2. The van der Waals surface area contributed by atoms with Crippen LogP contribution in [0.3, 0.4) is 0 Å². The van der Waals surface area contributed by atoms with Gasteiger partial charge in [0.15, 0.2) is 16.5 Å². The SMILES string of the molecule is C#Cc1nc(C(=O)N(c2cc(OC)c(F)c(OC)c2)C2CCN(C3CCC3)C2=O)cs1. The molecule has 4 rings (SSSR count). The Hall–Kier alpha value is -3.12. The van der Waals surface area contributed by atoms with Crippen molar-refractivity contribution >= 4 is 28.8 Å². The number of halogens is 1. The van der Waals surface area contributed by atoms with Crippen LogP contribution < -0.4 is 14.4 Å². The molecule has 2 amide bonds. The molecule has 31 heavy (non-hydrogen) atoms. The Balaban J connectivity index is 1.77. The number of aromatic nitrogens is 1. The Labute approximate surface area is 183 Å². The molecule has 162 valence electrons. The zero-order valence-corrected chi connectivity index (χ0v) is 18.1. The van der Waals surface area contributed by atoms with Crippen LogP contribution in [0.5, 0.6) is 11.5 Å². The number of thiazole rings is 1. The van der Waals surface area contributed by atoms with Crippen molar-refractivity contribution in [3.05, 3.63) is 34.0 Å². The van der Waals surface area contributed by atoms with Crippen molar-refractivity contribution in [3.63, 3.8) is 0 Å². The summed E-state index contributed by atoms with van der Waals surface area (Å²) in [5.74, 6) is 0.954. The quantitative estimate of drug-likeness (QED) is 0.642. The van der Waals surface area contributed by atoms with Gasteiger partial charge in [-0.05, 0) is 31.6 Å². The standard InChI is InChI=1S/C22H22FN3O4S/c1-4-19-24-15(12-31-19)21(27)26(14-10-17(29-2)20(23)18(11-14)30-3)16-8-9-25(22(16)28)13-6-5-7-13/h1,10-13,16H,5-9H2,2-3H3. The van der Waals surface area contributed by atoms with Gasteiger partial charge in [-0.1, -0.05) is 0 Å². The number of terminal acetylenes is 1. The van der Waals surface area contributed by atoms with Gasteiger partial charge in [0.05, 0.1) is 19.9 Å². The number of rotatable bonds is 6. The highest BCUT2D eigenvalue weighted by atomic mass is 32.1. The number of hydrogen-bond acceptors (Lipinski definition) is 6. The third-order valence-electron chi connectivity index (χ3n) is 5.81. The van der Waals surface area contributed by atoms with Gasteiger partial charge in [0.1, 0.15) is 11.7 Å². The van der Waals surface area contributed by atoms with Gasteiger partial charge in [-0.15, -0.1) is 17.8 Å². The molecule has 2 fully saturated rings. The molecule has 1 atom stereocenters. The molecular formula is C22H22FN3O4S. The van der Waals surface area contributed by atoms with Crippen LogP contribution in [0.2, 0.25) is 0 Å². The van der Waals surface area contributed by atoms with E-state index in [0.29, 0.717) is 23.7 Å². The second-order valence-corrected chi connectivity index (χ2v) is 8.30. The molecule has 1 saturated heterocycles. The van der Waals surface area contributed by atoms with E-state index in [4.69, 9.17) is 15.9 Å². The van der Waals surface area contributed by atoms with Crippen molar-refractivity contribution in [1.82, 2.24) is 9.88 Å². The topological polar surface area (TPSA) is 72.0 Å². The molecule has 9 heteroatoms. The van der Waals surface area contributed by atoms with E-state index >= 15 is 0 Å². The van der Waals surface area contributed by atoms with Crippen LogP contribution in [0.1, 0.15) is 41.2 Å². The van der Waals surface area contributed by atoms with Gasteiger partial charge in [0, 0.05) is 30.1 Å². The highest BCUT2D eigenvalue weighted by Crippen LogP contribution is 2.37. The van der Waals surface area contributed by atoms with Crippen molar-refractivity contribution in [2.75, 3.05) is 25.7 Å². The maximum Gasteiger partial charge on any atom is 0.278 e. The molecule has 1 saturated carbocycles. The normalized spacial score (nSPS) is 18.5. The van der Waals surface area contributed by atoms with Gasteiger partial charge in [-0.2, -0.15) is 4.39 Å². The molecule has 0 spiro atoms. The van der Waals surface area contributed by atoms with Gasteiger partial charge < -0.3 is 14.4 Å². The molecule has 1 aliphatic carbocycles. The largest absolute Gasteiger partial charge is 0.493 e. The highest BCUT2D eigenvalue weighted by Gasteiger charge is 2.43. The van der Waals surface area contributed by atoms with Crippen molar-refractivity contribution in [1.29, 1.82) is 0 Å². The molecule has 2 aliphatic rings. The highest BCUT2D eigenvalue weighted by molar-refractivity contribution is 7.10. The smallest absolute Gasteiger partial charge is 0.278 e. The average Bonchev–Trinajstić information content (AvgIpc) is 3.36. The summed E-state index contributed by atoms with van der Waals surface area (Å²) in [6.07, 6.45) is 8.91. The molecule has 1 aliphatic heterocycles. The summed E-state index contributed by atoms with van der Waals surface area (Å²) in [5.41, 5.74) is 0.430. The van der Waals surface area contributed by atoms with Crippen LogP contribution in [-0.2, 0) is 4.79 Å². The number of anilines is 1. The zero-order chi connectivity index (χ0) is 22.1. The predicted molar refractivity (Wildman–Crippen MR) is 114 cm³/mol. The van der Waals surface area contributed by atoms with E-state index in [9.17, 15) is 14.0 Å². The second-order valence-electron chi connectivity index (χ2n) is 7.44. The van der Waals surface area contributed by atoms with E-state index in [1.165, 1.54) is 42.6 Å². The molecule has 1 aromatic heterocycles. The molecular weight excluding hydrogens is 421 g/mol. The monoisotopic (exact) mass is 443 g/mol. The first-order valence-corrected chi connectivity index (χ1v) is 10.8. The number of likely N-dealkylation sites (tertiary alicyclic amines) is 1. The summed E-state index contributed by atoms with van der Waals surface area (Å²) in [5, 5.41) is 1.93. The molecule has 7 nitrogen and oxygen atoms in total. The Morgan fingerprint density at radius 3 is 2.48 bits per heavy atom. The minimum Gasteiger partial charge on any atom is -0.493 e. The molecule has 2 heterocycles. The van der Waals surface area contributed by atoms with E-state index < -0.39 is 17.8 Å². The van der Waals surface area contributed by atoms with Crippen LogP contribution in [-0.4, -0.2) is 54.5 Å². The summed E-state index contributed by atoms with van der Waals surface area (Å²) in [6.45, 7) is 0.570. The molecule has 2 aromatic rings. The summed E-state index contributed by atoms with van der Waals surface area (Å²) in [7, 11) is 2.65. The van der Waals surface area contributed by atoms with Gasteiger partial charge in [0.25, 0.3) is 5.91 Å². The Kier molecular flexibility index (Phi) is 5.83. The number of amides is 2. The van der Waals surface area contributed by atoms with Crippen LogP contribution in [0.25, 0.3) is 0 Å². The molecule has 0 N–H and O–H groups in total. The number of benzene rings is 1. The lowest BCUT2D eigenvalue weighted by Gasteiger charge is -2.35. The van der Waals surface area contributed by atoms with Crippen molar-refractivity contribution in [2.45, 2.75) is 37.8 Å². The van der Waals surface area contributed by atoms with E-state index in [1.54, 1.807) is 5.38 Å². The predicted octanol–water partition coefficient (Wildman–Crippen LogP) is 3.08. The minimum absolute atomic E-state index is 0.0870. The summed E-state index contributed by atoms with van der Waals surface area (Å²) >= 11 is 1.17. The van der Waals surface area contributed by atoms with Crippen LogP contribution >= 0.6 is 11.3 Å². The second kappa shape index (κ2) is 8.55. The first-order valence-electron chi connectivity index (χ1n) is 9.96. The first kappa shape index (κ1) is 21.1. The number of ether oxygens (including phenoxy) is 2. The van der Waals surface area contributed by atoms with E-state index in [2.05, 4.69) is 10.9 Å². The third kappa shape index (κ3) is 3.72. The summed E-state index contributed by atoms with van der Waals surface area (Å²) < 4.78 is 24.8.